The molecule has 0 aliphatic heterocycles. The Bertz CT molecular complexity index is 4480. The van der Waals surface area contributed by atoms with Gasteiger partial charge in [0.25, 0.3) is 0 Å². The predicted molar refractivity (Wildman–Crippen MR) is 387 cm³/mol. The van der Waals surface area contributed by atoms with Crippen molar-refractivity contribution in [3.8, 4) is 23.5 Å². The van der Waals surface area contributed by atoms with Gasteiger partial charge in [-0.15, -0.1) is 44.2 Å². The van der Waals surface area contributed by atoms with E-state index >= 15 is 0 Å². The number of nitrogens with one attached hydrogen (secondary N) is 6. The molecule has 0 fully saturated rings. The molecule has 0 saturated heterocycles. The number of aromatic nitrogens is 4. The molecule has 10 N–H and O–H groups in total. The third kappa shape index (κ3) is 37.9. The number of aromatic carboxylic acids is 2. The Morgan fingerprint density at radius 2 is 0.883 bits per heavy atom. The average molecular weight is 1770 g/mol. The molecular formula is C52H39Cl8F3N15NaO15PS8-5. The number of halogens is 11. The van der Waals surface area contributed by atoms with Gasteiger partial charge in [-0.2, -0.15) is 15.7 Å². The molecule has 9 aromatic rings. The fourth-order valence-corrected chi connectivity index (χ4v) is 12.1. The second kappa shape index (κ2) is 50.0. The Hall–Kier alpha value is -5.65. The van der Waals surface area contributed by atoms with Crippen LogP contribution >= 0.6 is 131 Å². The van der Waals surface area contributed by atoms with Crippen LogP contribution < -0.4 is 58.9 Å². The summed E-state index contributed by atoms with van der Waals surface area (Å²) in [6.45, 7) is 0.678. The Balaban J connectivity index is 0.000000617. The third-order valence-corrected chi connectivity index (χ3v) is 17.3. The van der Waals surface area contributed by atoms with E-state index < -0.39 is 102 Å². The summed E-state index contributed by atoms with van der Waals surface area (Å²) in [5.74, 6) is -5.49. The van der Waals surface area contributed by atoms with Gasteiger partial charge < -0.3 is 73.4 Å². The molecule has 51 heteroatoms. The topological polar surface area (TPSA) is 539 Å². The molecule has 4 aromatic heterocycles. The molecule has 5 unspecified atom stereocenters. The van der Waals surface area contributed by atoms with Crippen LogP contribution in [0.3, 0.4) is 0 Å². The normalized spacial score (nSPS) is 11.5. The molecule has 9 rings (SSSR count). The molecule has 30 nitrogen and oxygen atoms in total. The monoisotopic (exact) mass is 1760 g/mol. The Labute approximate surface area is 667 Å². The van der Waals surface area contributed by atoms with Gasteiger partial charge in [0.1, 0.15) is 23.5 Å². The van der Waals surface area contributed by atoms with Gasteiger partial charge in [0.05, 0.1) is 81.9 Å². The Kier molecular flexibility index (Phi) is 46.3. The number of nitrogens with two attached hydrogens (primary N) is 1. The van der Waals surface area contributed by atoms with E-state index in [9.17, 15) is 71.1 Å². The van der Waals surface area contributed by atoms with E-state index in [1.54, 1.807) is 58.3 Å². The first kappa shape index (κ1) is 95.4. The molecule has 0 aliphatic rings. The number of nitriles is 2. The van der Waals surface area contributed by atoms with Crippen LogP contribution in [0.25, 0.3) is 27.4 Å². The zero-order valence-electron chi connectivity index (χ0n) is 50.7. The van der Waals surface area contributed by atoms with Gasteiger partial charge in [0.2, 0.25) is 5.82 Å². The molecule has 0 aliphatic carbocycles. The molecule has 5 atom stereocenters. The summed E-state index contributed by atoms with van der Waals surface area (Å²) in [7, 11) is 0. The first-order valence-corrected chi connectivity index (χ1v) is 40.1. The van der Waals surface area contributed by atoms with Gasteiger partial charge >= 0.3 is 46.7 Å². The van der Waals surface area contributed by atoms with E-state index in [-0.39, 0.29) is 83.6 Å². The number of anilines is 5. The maximum absolute atomic E-state index is 13.0. The number of carboxylic acids is 2. The fraction of sp³-hybridized carbons (Fsp3) is 0.0962. The van der Waals surface area contributed by atoms with Gasteiger partial charge in [-0.05, 0) is 171 Å². The van der Waals surface area contributed by atoms with Crippen LogP contribution in [0.2, 0.25) is 25.1 Å². The zero-order chi connectivity index (χ0) is 77.0. The molecule has 0 saturated carbocycles. The molecule has 5 aromatic carbocycles. The minimum atomic E-state index is -3.22. The van der Waals surface area contributed by atoms with Crippen molar-refractivity contribution in [3.63, 3.8) is 0 Å². The molecular weight excluding hydrogens is 1730 g/mol. The summed E-state index contributed by atoms with van der Waals surface area (Å²) in [4.78, 5) is 26.2. The van der Waals surface area contributed by atoms with E-state index in [1.165, 1.54) is 25.6 Å². The average Bonchev–Trinajstić information content (AvgIpc) is 1.78. The van der Waals surface area contributed by atoms with Crippen molar-refractivity contribution in [2.45, 2.75) is 32.2 Å². The van der Waals surface area contributed by atoms with Crippen LogP contribution in [0.4, 0.5) is 41.6 Å². The van der Waals surface area contributed by atoms with Crippen molar-refractivity contribution in [1.29, 1.82) is 10.5 Å². The first-order chi connectivity index (χ1) is 47.9. The molecule has 4 heterocycles. The van der Waals surface area contributed by atoms with Crippen LogP contribution in [-0.4, -0.2) is 86.6 Å². The maximum Gasteiger partial charge on any atom is 1.00 e. The van der Waals surface area contributed by atoms with Crippen LogP contribution in [0.15, 0.2) is 113 Å². The number of rotatable bonds is 20. The molecule has 548 valence electrons. The summed E-state index contributed by atoms with van der Waals surface area (Å²) in [6, 6.07) is 27.1. The number of carbonyl (C=O) groups is 2. The SMILES string of the molecule is N#Cc1cc(NS(=O)[O-])c(Cl)cc1CCc1cccs1.N#Cc1cc(NS(=O)[O-])c(Cl)cc1F.NCc1cccs1.O=C(O)c1cc(NS(=O)[O-])c(Cl)cc1F.O=C(O)c1cc(NS(=O)[O-])c(Cl)cc1F.O=P(Cl)(Cl)Cl.O=S([O-])Nc1cc(-c2nn[nH]n2)c(CCc2cccs2)cc1Cl.[N-]=[N+]=[N-].[Na+]. The summed E-state index contributed by atoms with van der Waals surface area (Å²) in [5, 5.41) is 51.5. The van der Waals surface area contributed by atoms with Crippen LogP contribution in [-0.2, 0) is 93.1 Å². The van der Waals surface area contributed by atoms with Crippen molar-refractivity contribution in [2.24, 2.45) is 5.73 Å². The maximum atomic E-state index is 13.0. The number of carboxylic acid groups (broad SMARTS) is 2. The van der Waals surface area contributed by atoms with Crippen LogP contribution in [0.5, 0.6) is 0 Å². The fourth-order valence-electron chi connectivity index (χ4n) is 6.99. The number of benzene rings is 5. The number of hydrogen-bond donors (Lipinski definition) is 9. The quantitative estimate of drug-likeness (QED) is 0.00854. The van der Waals surface area contributed by atoms with E-state index in [4.69, 9.17) is 95.5 Å². The van der Waals surface area contributed by atoms with Crippen molar-refractivity contribution in [1.82, 2.24) is 20.6 Å². The molecule has 103 heavy (non-hydrogen) atoms. The molecule has 0 bridgehead atoms. The molecule has 0 radical (unpaired) electrons. The van der Waals surface area contributed by atoms with Crippen LogP contribution in [0.1, 0.15) is 57.6 Å². The van der Waals surface area contributed by atoms with Gasteiger partial charge in [0.15, 0.2) is 0 Å². The second-order valence-corrected chi connectivity index (χ2v) is 32.7. The smallest absolute Gasteiger partial charge is 0.755 e. The van der Waals surface area contributed by atoms with E-state index in [2.05, 4.69) is 75.9 Å². The first-order valence-electron chi connectivity index (χ1n) is 25.8. The van der Waals surface area contributed by atoms with Gasteiger partial charge in [0, 0.05) is 83.1 Å². The van der Waals surface area contributed by atoms with Gasteiger partial charge in [-0.25, -0.2) is 22.8 Å². The van der Waals surface area contributed by atoms with E-state index in [1.807, 2.05) is 60.6 Å². The zero-order valence-corrected chi connectivity index (χ0v) is 66.2. The number of nitrogens with zero attached hydrogens (tertiary/aromatic N) is 8. The summed E-state index contributed by atoms with van der Waals surface area (Å²) in [6.07, 6.45) is 3.08. The summed E-state index contributed by atoms with van der Waals surface area (Å²) in [5.41, 5.74) is 20.1. The number of aromatic amines is 1. The number of aryl methyl sites for hydroxylation is 4. The Morgan fingerprint density at radius 1 is 0.563 bits per heavy atom. The van der Waals surface area contributed by atoms with Crippen molar-refractivity contribution in [3.05, 3.63) is 220 Å². The third-order valence-electron chi connectivity index (χ3n) is 11.0. The van der Waals surface area contributed by atoms with E-state index in [0.29, 0.717) is 34.9 Å². The van der Waals surface area contributed by atoms with E-state index in [0.717, 1.165) is 66.8 Å². The Morgan fingerprint density at radius 3 is 1.19 bits per heavy atom. The van der Waals surface area contributed by atoms with Gasteiger partial charge in [-0.1, -0.05) is 76.2 Å². The summed E-state index contributed by atoms with van der Waals surface area (Å²) >= 11 is 34.8. The van der Waals surface area contributed by atoms with Crippen molar-refractivity contribution >= 4 is 228 Å². The number of hydrogen-bond acceptors (Lipinski definition) is 22. The van der Waals surface area contributed by atoms with Crippen molar-refractivity contribution < 1.29 is 111 Å². The number of thiophene rings is 3. The summed E-state index contributed by atoms with van der Waals surface area (Å²) < 4.78 is 163. The molecule has 0 amide bonds. The number of H-pyrrole nitrogens is 1. The van der Waals surface area contributed by atoms with Gasteiger partial charge in [-0.3, -0.25) is 30.5 Å². The minimum Gasteiger partial charge on any atom is -0.755 e. The number of tetrazole rings is 1. The largest absolute Gasteiger partial charge is 1.00 e. The second-order valence-electron chi connectivity index (χ2n) is 17.6. The standard InChI is InChI=1S/C13H12ClN5O2S2.C13H11ClN2O2S2.C7H4ClFN2O2S.2C7H5ClFNO4S.C5H7NS.Cl3OP.N3.Na/c14-11-6-8(3-4-9-2-1-5-22-9)10(13-15-18-19-16-13)7-12(11)17-23(20)21;14-12-6-9(3-4-11-2-1-5-19-11)10(8-15)7-13(12)16-20(17)18;8-5-2-6(9)4(3-10)1-7(5)11-14(12)13;2*8-4-2-5(9)3(7(11)12)1-6(4)10-15(13)14;6-4-5-2-1-3-7-5;1-5(2,3)4;1-3-2;/h1-2,5-7,17H,3-4H2,(H,20,21)(H,15,16,18,19);1-2,5-7,16H,3-4H2,(H,17,18);1-2,11H,(H,12,13);2*1-2,10H,(H,11,12)(H,13,14);1-3H,4,6H2;;;/q;;;;;;;-1;+1/p-5. The predicted octanol–water partition coefficient (Wildman–Crippen LogP) is 12.0. The van der Waals surface area contributed by atoms with Crippen LogP contribution in [0, 0.1) is 40.1 Å². The van der Waals surface area contributed by atoms with Crippen molar-refractivity contribution in [2.75, 3.05) is 23.6 Å². The molecule has 0 spiro atoms. The minimum absolute atomic E-state index is 0.